The van der Waals surface area contributed by atoms with Crippen molar-refractivity contribution in [3.63, 3.8) is 0 Å². The van der Waals surface area contributed by atoms with Crippen LogP contribution in [0.15, 0.2) is 54.6 Å². The molecule has 0 N–H and O–H groups in total. The van der Waals surface area contributed by atoms with E-state index in [1.54, 1.807) is 0 Å². The number of carbonyl (C=O) groups is 1. The van der Waals surface area contributed by atoms with Crippen molar-refractivity contribution in [3.8, 4) is 11.1 Å². The number of amides is 1. The zero-order valence-electron chi connectivity index (χ0n) is 15.8. The molecule has 0 aromatic heterocycles. The molecule has 1 heterocycles. The molecule has 2 heteroatoms. The van der Waals surface area contributed by atoms with Gasteiger partial charge in [-0.1, -0.05) is 82.3 Å². The van der Waals surface area contributed by atoms with Crippen LogP contribution in [0.3, 0.4) is 0 Å². The van der Waals surface area contributed by atoms with Crippen molar-refractivity contribution in [2.45, 2.75) is 46.6 Å². The maximum absolute atomic E-state index is 12.8. The van der Waals surface area contributed by atoms with Crippen molar-refractivity contribution in [1.29, 1.82) is 0 Å². The van der Waals surface area contributed by atoms with E-state index in [4.69, 9.17) is 0 Å². The Kier molecular flexibility index (Phi) is 4.99. The summed E-state index contributed by atoms with van der Waals surface area (Å²) in [5.41, 5.74) is 3.49. The SMILES string of the molecule is C[C@H]1C[C@@H](Cc2ccc(-c3ccccc3)cc2)N(C(=O)C(C)(C)C)C1. The topological polar surface area (TPSA) is 20.3 Å². The third-order valence-corrected chi connectivity index (χ3v) is 5.06. The summed E-state index contributed by atoms with van der Waals surface area (Å²) in [6.07, 6.45) is 2.05. The minimum Gasteiger partial charge on any atom is -0.339 e. The highest BCUT2D eigenvalue weighted by Gasteiger charge is 2.37. The quantitative estimate of drug-likeness (QED) is 0.757. The molecule has 1 aliphatic heterocycles. The smallest absolute Gasteiger partial charge is 0.228 e. The molecule has 0 aliphatic carbocycles. The first-order valence-electron chi connectivity index (χ1n) is 9.30. The number of hydrogen-bond donors (Lipinski definition) is 0. The first-order valence-corrected chi connectivity index (χ1v) is 9.30. The fourth-order valence-electron chi connectivity index (χ4n) is 3.76. The Morgan fingerprint density at radius 3 is 2.20 bits per heavy atom. The van der Waals surface area contributed by atoms with Gasteiger partial charge < -0.3 is 4.90 Å². The molecule has 1 saturated heterocycles. The summed E-state index contributed by atoms with van der Waals surface area (Å²) < 4.78 is 0. The number of likely N-dealkylation sites (tertiary alicyclic amines) is 1. The van der Waals surface area contributed by atoms with Gasteiger partial charge in [-0.05, 0) is 35.4 Å². The lowest BCUT2D eigenvalue weighted by Gasteiger charge is -2.31. The van der Waals surface area contributed by atoms with E-state index in [0.29, 0.717) is 12.0 Å². The van der Waals surface area contributed by atoms with Crippen molar-refractivity contribution in [2.24, 2.45) is 11.3 Å². The normalized spacial score (nSPS) is 20.7. The lowest BCUT2D eigenvalue weighted by molar-refractivity contribution is -0.140. The maximum Gasteiger partial charge on any atom is 0.228 e. The molecule has 2 aromatic rings. The molecule has 1 aliphatic rings. The molecule has 3 rings (SSSR count). The lowest BCUT2D eigenvalue weighted by atomic mass is 9.93. The Morgan fingerprint density at radius 2 is 1.60 bits per heavy atom. The molecule has 0 spiro atoms. The Hall–Kier alpha value is -2.09. The van der Waals surface area contributed by atoms with Gasteiger partial charge in [-0.15, -0.1) is 0 Å². The second kappa shape index (κ2) is 7.03. The first kappa shape index (κ1) is 17.7. The molecule has 0 unspecified atom stereocenters. The summed E-state index contributed by atoms with van der Waals surface area (Å²) in [5.74, 6) is 0.864. The standard InChI is InChI=1S/C23H29NO/c1-17-14-21(24(16-17)22(25)23(2,3)4)15-18-10-12-20(13-11-18)19-8-6-5-7-9-19/h5-13,17,21H,14-16H2,1-4H3/t17-,21-/m0/s1. The van der Waals surface area contributed by atoms with Crippen molar-refractivity contribution in [1.82, 2.24) is 4.90 Å². The fraction of sp³-hybridized carbons (Fsp3) is 0.435. The highest BCUT2D eigenvalue weighted by molar-refractivity contribution is 5.82. The number of rotatable bonds is 3. The van der Waals surface area contributed by atoms with Gasteiger partial charge >= 0.3 is 0 Å². The zero-order valence-corrected chi connectivity index (χ0v) is 15.8. The van der Waals surface area contributed by atoms with E-state index in [-0.39, 0.29) is 11.3 Å². The van der Waals surface area contributed by atoms with Crippen LogP contribution in [0.4, 0.5) is 0 Å². The van der Waals surface area contributed by atoms with Gasteiger partial charge in [0.05, 0.1) is 0 Å². The van der Waals surface area contributed by atoms with Crippen LogP contribution in [0, 0.1) is 11.3 Å². The van der Waals surface area contributed by atoms with Gasteiger partial charge in [0.2, 0.25) is 5.91 Å². The largest absolute Gasteiger partial charge is 0.339 e. The van der Waals surface area contributed by atoms with Gasteiger partial charge in [0.1, 0.15) is 0 Å². The Labute approximate surface area is 151 Å². The lowest BCUT2D eigenvalue weighted by Crippen LogP contribution is -2.43. The van der Waals surface area contributed by atoms with E-state index in [1.165, 1.54) is 16.7 Å². The Morgan fingerprint density at radius 1 is 1.00 bits per heavy atom. The summed E-state index contributed by atoms with van der Waals surface area (Å²) in [4.78, 5) is 14.9. The van der Waals surface area contributed by atoms with Gasteiger partial charge in [0, 0.05) is 18.0 Å². The Bertz CT molecular complexity index is 712. The van der Waals surface area contributed by atoms with E-state index in [0.717, 1.165) is 19.4 Å². The summed E-state index contributed by atoms with van der Waals surface area (Å²) in [5, 5.41) is 0. The van der Waals surface area contributed by atoms with Gasteiger partial charge in [-0.25, -0.2) is 0 Å². The van der Waals surface area contributed by atoms with Crippen LogP contribution in [-0.4, -0.2) is 23.4 Å². The van der Waals surface area contributed by atoms with E-state index < -0.39 is 0 Å². The zero-order chi connectivity index (χ0) is 18.0. The molecule has 0 bridgehead atoms. The molecule has 2 aromatic carbocycles. The fourth-order valence-corrected chi connectivity index (χ4v) is 3.76. The van der Waals surface area contributed by atoms with E-state index in [9.17, 15) is 4.79 Å². The van der Waals surface area contributed by atoms with Crippen LogP contribution >= 0.6 is 0 Å². The van der Waals surface area contributed by atoms with Crippen molar-refractivity contribution < 1.29 is 4.79 Å². The number of benzene rings is 2. The summed E-state index contributed by atoms with van der Waals surface area (Å²) >= 11 is 0. The van der Waals surface area contributed by atoms with Crippen molar-refractivity contribution >= 4 is 5.91 Å². The molecule has 0 saturated carbocycles. The minimum absolute atomic E-state index is 0.280. The summed E-state index contributed by atoms with van der Waals surface area (Å²) in [7, 11) is 0. The Balaban J connectivity index is 1.73. The number of nitrogens with zero attached hydrogens (tertiary/aromatic N) is 1. The van der Waals surface area contributed by atoms with Crippen LogP contribution in [0.5, 0.6) is 0 Å². The van der Waals surface area contributed by atoms with Crippen LogP contribution in [-0.2, 0) is 11.2 Å². The van der Waals surface area contributed by atoms with Crippen LogP contribution in [0.25, 0.3) is 11.1 Å². The average Bonchev–Trinajstić information content (AvgIpc) is 2.95. The van der Waals surface area contributed by atoms with Crippen LogP contribution < -0.4 is 0 Å². The molecule has 1 amide bonds. The molecule has 25 heavy (non-hydrogen) atoms. The van der Waals surface area contributed by atoms with Crippen LogP contribution in [0.1, 0.15) is 39.7 Å². The van der Waals surface area contributed by atoms with E-state index >= 15 is 0 Å². The summed E-state index contributed by atoms with van der Waals surface area (Å²) in [6, 6.07) is 19.6. The molecular weight excluding hydrogens is 306 g/mol. The van der Waals surface area contributed by atoms with Crippen molar-refractivity contribution in [3.05, 3.63) is 60.2 Å². The predicted octanol–water partition coefficient (Wildman–Crippen LogP) is 5.18. The average molecular weight is 335 g/mol. The van der Waals surface area contributed by atoms with Gasteiger partial charge in [-0.3, -0.25) is 4.79 Å². The maximum atomic E-state index is 12.8. The second-order valence-electron chi connectivity index (χ2n) is 8.47. The van der Waals surface area contributed by atoms with E-state index in [1.807, 2.05) is 26.8 Å². The van der Waals surface area contributed by atoms with Crippen molar-refractivity contribution in [2.75, 3.05) is 6.54 Å². The second-order valence-corrected chi connectivity index (χ2v) is 8.47. The molecule has 132 valence electrons. The summed E-state index contributed by atoms with van der Waals surface area (Å²) in [6.45, 7) is 9.20. The van der Waals surface area contributed by atoms with Gasteiger partial charge in [-0.2, -0.15) is 0 Å². The van der Waals surface area contributed by atoms with E-state index in [2.05, 4.69) is 60.4 Å². The third kappa shape index (κ3) is 4.12. The minimum atomic E-state index is -0.306. The molecule has 2 nitrogen and oxygen atoms in total. The third-order valence-electron chi connectivity index (χ3n) is 5.06. The highest BCUT2D eigenvalue weighted by atomic mass is 16.2. The molecule has 1 fully saturated rings. The number of hydrogen-bond acceptors (Lipinski definition) is 1. The monoisotopic (exact) mass is 335 g/mol. The molecular formula is C23H29NO. The highest BCUT2D eigenvalue weighted by Crippen LogP contribution is 2.30. The number of carbonyl (C=O) groups excluding carboxylic acids is 1. The molecule has 2 atom stereocenters. The van der Waals surface area contributed by atoms with Crippen LogP contribution in [0.2, 0.25) is 0 Å². The molecule has 0 radical (unpaired) electrons. The van der Waals surface area contributed by atoms with Gasteiger partial charge in [0.25, 0.3) is 0 Å². The predicted molar refractivity (Wildman–Crippen MR) is 104 cm³/mol. The first-order chi connectivity index (χ1) is 11.8. The van der Waals surface area contributed by atoms with Gasteiger partial charge in [0.15, 0.2) is 0 Å².